The summed E-state index contributed by atoms with van der Waals surface area (Å²) in [5, 5.41) is 19.9. The first-order chi connectivity index (χ1) is 9.36. The molecule has 9 heteroatoms. The molecule has 0 bridgehead atoms. The van der Waals surface area contributed by atoms with Gasteiger partial charge in [0.05, 0.1) is 11.7 Å². The van der Waals surface area contributed by atoms with Gasteiger partial charge in [-0.3, -0.25) is 19.8 Å². The van der Waals surface area contributed by atoms with Crippen molar-refractivity contribution in [3.8, 4) is 0 Å². The first-order valence-corrected chi connectivity index (χ1v) is 5.53. The zero-order chi connectivity index (χ0) is 15.3. The Hall–Kier alpha value is -2.13. The largest absolute Gasteiger partial charge is 0.391 e. The molecule has 0 radical (unpaired) electrons. The lowest BCUT2D eigenvalue weighted by atomic mass is 10.1. The van der Waals surface area contributed by atoms with Crippen LogP contribution in [0.1, 0.15) is 29.4 Å². The maximum absolute atomic E-state index is 12.3. The second kappa shape index (κ2) is 6.87. The summed E-state index contributed by atoms with van der Waals surface area (Å²) in [6, 6.07) is 0.699. The van der Waals surface area contributed by atoms with Gasteiger partial charge in [0.1, 0.15) is 11.7 Å². The third-order valence-electron chi connectivity index (χ3n) is 2.43. The van der Waals surface area contributed by atoms with Crippen LogP contribution in [0.25, 0.3) is 0 Å². The van der Waals surface area contributed by atoms with Gasteiger partial charge in [-0.1, -0.05) is 0 Å². The number of carbonyl (C=O) groups is 2. The SMILES string of the molecule is C[C@@H](O)[C@H](NC(=O)c1ccc(C(F)F)nc1)C(=O)NO. The van der Waals surface area contributed by atoms with Gasteiger partial charge in [0.15, 0.2) is 0 Å². The maximum atomic E-state index is 12.3. The third kappa shape index (κ3) is 3.93. The standard InChI is InChI=1S/C11H13F2N3O4/c1-5(17)8(11(19)16-20)15-10(18)6-2-3-7(9(12)13)14-4-6/h2-5,8-9,17,20H,1H3,(H,15,18)(H,16,19)/t5-,8+/m1/s1. The van der Waals surface area contributed by atoms with Crippen LogP contribution in [0, 0.1) is 0 Å². The second-order valence-electron chi connectivity index (χ2n) is 3.94. The van der Waals surface area contributed by atoms with Crippen LogP contribution in [0.4, 0.5) is 8.78 Å². The summed E-state index contributed by atoms with van der Waals surface area (Å²) < 4.78 is 24.6. The predicted molar refractivity (Wildman–Crippen MR) is 62.1 cm³/mol. The van der Waals surface area contributed by atoms with Gasteiger partial charge in [-0.05, 0) is 19.1 Å². The number of carbonyl (C=O) groups excluding carboxylic acids is 2. The van der Waals surface area contributed by atoms with Crippen LogP contribution in [-0.4, -0.2) is 39.3 Å². The van der Waals surface area contributed by atoms with E-state index in [4.69, 9.17) is 5.21 Å². The highest BCUT2D eigenvalue weighted by Gasteiger charge is 2.26. The molecule has 2 atom stereocenters. The fourth-order valence-electron chi connectivity index (χ4n) is 1.37. The summed E-state index contributed by atoms with van der Waals surface area (Å²) in [5.41, 5.74) is 0.750. The van der Waals surface area contributed by atoms with Crippen LogP contribution in [0.5, 0.6) is 0 Å². The zero-order valence-corrected chi connectivity index (χ0v) is 10.4. The average molecular weight is 289 g/mol. The highest BCUT2D eigenvalue weighted by molar-refractivity contribution is 5.97. The van der Waals surface area contributed by atoms with E-state index >= 15 is 0 Å². The van der Waals surface area contributed by atoms with E-state index in [1.165, 1.54) is 12.4 Å². The van der Waals surface area contributed by atoms with Gasteiger partial charge in [-0.2, -0.15) is 0 Å². The Labute approximate surface area is 112 Å². The number of hydrogen-bond donors (Lipinski definition) is 4. The predicted octanol–water partition coefficient (Wildman–Crippen LogP) is 0.00380. The first kappa shape index (κ1) is 15.9. The molecule has 0 saturated carbocycles. The molecule has 0 spiro atoms. The van der Waals surface area contributed by atoms with Crippen molar-refractivity contribution in [3.63, 3.8) is 0 Å². The van der Waals surface area contributed by atoms with E-state index in [0.29, 0.717) is 0 Å². The van der Waals surface area contributed by atoms with Crippen LogP contribution in [0.2, 0.25) is 0 Å². The topological polar surface area (TPSA) is 112 Å². The molecule has 0 aromatic carbocycles. The number of aliphatic hydroxyl groups excluding tert-OH is 1. The highest BCUT2D eigenvalue weighted by atomic mass is 19.3. The van der Waals surface area contributed by atoms with Crippen molar-refractivity contribution in [3.05, 3.63) is 29.6 Å². The van der Waals surface area contributed by atoms with Crippen LogP contribution >= 0.6 is 0 Å². The van der Waals surface area contributed by atoms with Crippen molar-refractivity contribution >= 4 is 11.8 Å². The van der Waals surface area contributed by atoms with Crippen LogP contribution in [0.15, 0.2) is 18.3 Å². The van der Waals surface area contributed by atoms with E-state index in [9.17, 15) is 23.5 Å². The Balaban J connectivity index is 2.81. The molecule has 20 heavy (non-hydrogen) atoms. The Morgan fingerprint density at radius 1 is 1.35 bits per heavy atom. The number of aliphatic hydroxyl groups is 1. The molecule has 2 amide bonds. The number of nitrogens with one attached hydrogen (secondary N) is 2. The zero-order valence-electron chi connectivity index (χ0n) is 10.4. The van der Waals surface area contributed by atoms with E-state index in [1.807, 2.05) is 0 Å². The normalized spacial score (nSPS) is 13.7. The number of rotatable bonds is 5. The maximum Gasteiger partial charge on any atom is 0.280 e. The number of hydrogen-bond acceptors (Lipinski definition) is 5. The monoisotopic (exact) mass is 289 g/mol. The summed E-state index contributed by atoms with van der Waals surface area (Å²) in [4.78, 5) is 26.4. The minimum absolute atomic E-state index is 0.0641. The molecule has 1 aromatic rings. The minimum atomic E-state index is -2.75. The van der Waals surface area contributed by atoms with Gasteiger partial charge >= 0.3 is 0 Å². The summed E-state index contributed by atoms with van der Waals surface area (Å²) >= 11 is 0. The lowest BCUT2D eigenvalue weighted by Crippen LogP contribution is -2.51. The smallest absolute Gasteiger partial charge is 0.280 e. The van der Waals surface area contributed by atoms with Crippen molar-refractivity contribution in [2.24, 2.45) is 0 Å². The Kier molecular flexibility index (Phi) is 5.47. The van der Waals surface area contributed by atoms with Crippen LogP contribution in [0.3, 0.4) is 0 Å². The fourth-order valence-corrected chi connectivity index (χ4v) is 1.37. The van der Waals surface area contributed by atoms with Gasteiger partial charge in [-0.25, -0.2) is 14.3 Å². The van der Waals surface area contributed by atoms with E-state index in [1.54, 1.807) is 0 Å². The number of nitrogens with zero attached hydrogens (tertiary/aromatic N) is 1. The summed E-state index contributed by atoms with van der Waals surface area (Å²) in [6.07, 6.45) is -3.09. The van der Waals surface area contributed by atoms with Crippen molar-refractivity contribution in [2.45, 2.75) is 25.5 Å². The molecular formula is C11H13F2N3O4. The second-order valence-corrected chi connectivity index (χ2v) is 3.94. The Morgan fingerprint density at radius 3 is 2.40 bits per heavy atom. The van der Waals surface area contributed by atoms with Crippen LogP contribution < -0.4 is 10.8 Å². The van der Waals surface area contributed by atoms with Crippen molar-refractivity contribution in [2.75, 3.05) is 0 Å². The summed E-state index contributed by atoms with van der Waals surface area (Å²) in [5.74, 6) is -1.81. The molecule has 110 valence electrons. The quantitative estimate of drug-likeness (QED) is 0.450. The molecule has 0 aliphatic heterocycles. The number of pyridine rings is 1. The van der Waals surface area contributed by atoms with Crippen molar-refractivity contribution in [1.82, 2.24) is 15.8 Å². The molecule has 0 unspecified atom stereocenters. The first-order valence-electron chi connectivity index (χ1n) is 5.53. The Bertz CT molecular complexity index is 479. The van der Waals surface area contributed by atoms with Gasteiger partial charge in [0.25, 0.3) is 18.2 Å². The van der Waals surface area contributed by atoms with Gasteiger partial charge < -0.3 is 10.4 Å². The molecular weight excluding hydrogens is 276 g/mol. The molecule has 7 nitrogen and oxygen atoms in total. The third-order valence-corrected chi connectivity index (χ3v) is 2.43. The number of alkyl halides is 2. The number of halogens is 2. The molecule has 4 N–H and O–H groups in total. The molecule has 0 fully saturated rings. The van der Waals surface area contributed by atoms with E-state index in [2.05, 4.69) is 10.3 Å². The van der Waals surface area contributed by atoms with Gasteiger partial charge in [0.2, 0.25) is 0 Å². The molecule has 0 aliphatic carbocycles. The number of hydroxylamine groups is 1. The molecule has 1 rings (SSSR count). The van der Waals surface area contributed by atoms with Gasteiger partial charge in [0, 0.05) is 6.20 Å². The van der Waals surface area contributed by atoms with Crippen molar-refractivity contribution in [1.29, 1.82) is 0 Å². The molecule has 1 heterocycles. The summed E-state index contributed by atoms with van der Waals surface area (Å²) in [7, 11) is 0. The fraction of sp³-hybridized carbons (Fsp3) is 0.364. The highest BCUT2D eigenvalue weighted by Crippen LogP contribution is 2.15. The molecule has 0 saturated heterocycles. The van der Waals surface area contributed by atoms with Gasteiger partial charge in [-0.15, -0.1) is 0 Å². The lowest BCUT2D eigenvalue weighted by molar-refractivity contribution is -0.133. The van der Waals surface area contributed by atoms with E-state index < -0.39 is 36.1 Å². The lowest BCUT2D eigenvalue weighted by Gasteiger charge is -2.19. The van der Waals surface area contributed by atoms with Crippen molar-refractivity contribution < 1.29 is 28.7 Å². The van der Waals surface area contributed by atoms with E-state index in [0.717, 1.165) is 18.3 Å². The Morgan fingerprint density at radius 2 is 2.00 bits per heavy atom. The number of aromatic nitrogens is 1. The average Bonchev–Trinajstić information content (AvgIpc) is 2.43. The molecule has 0 aliphatic rings. The minimum Gasteiger partial charge on any atom is -0.391 e. The summed E-state index contributed by atoms with van der Waals surface area (Å²) in [6.45, 7) is 1.23. The van der Waals surface area contributed by atoms with E-state index in [-0.39, 0.29) is 5.56 Å². The van der Waals surface area contributed by atoms with Crippen LogP contribution in [-0.2, 0) is 4.79 Å². The molecule has 1 aromatic heterocycles. The number of amides is 2.